The summed E-state index contributed by atoms with van der Waals surface area (Å²) in [5, 5.41) is 12.9. The minimum Gasteiger partial charge on any atom is -0.486 e. The number of hydrogen-bond donors (Lipinski definition) is 2. The number of likely N-dealkylation sites (tertiary alicyclic amines) is 1. The van der Waals surface area contributed by atoms with Gasteiger partial charge in [-0.2, -0.15) is 0 Å². The number of nitrogens with zero attached hydrogens (tertiary/aromatic N) is 2. The highest BCUT2D eigenvalue weighted by molar-refractivity contribution is 6.04. The van der Waals surface area contributed by atoms with Crippen LogP contribution < -0.4 is 10.2 Å². The predicted octanol–water partition coefficient (Wildman–Crippen LogP) is 3.37. The molecular weight excluding hydrogens is 394 g/mol. The Morgan fingerprint density at radius 2 is 2.03 bits per heavy atom. The first-order valence-electron chi connectivity index (χ1n) is 10.4. The maximum absolute atomic E-state index is 11.3. The second kappa shape index (κ2) is 9.32. The van der Waals surface area contributed by atoms with Gasteiger partial charge in [-0.3, -0.25) is 14.9 Å². The van der Waals surface area contributed by atoms with Gasteiger partial charge >= 0.3 is 0 Å². The first-order valence-corrected chi connectivity index (χ1v) is 10.4. The van der Waals surface area contributed by atoms with Crippen molar-refractivity contribution in [3.8, 4) is 5.75 Å². The number of piperidine rings is 1. The van der Waals surface area contributed by atoms with Crippen molar-refractivity contribution in [3.05, 3.63) is 71.3 Å². The number of benzene rings is 2. The zero-order valence-corrected chi connectivity index (χ0v) is 17.6. The minimum atomic E-state index is -0.582. The van der Waals surface area contributed by atoms with E-state index in [1.807, 2.05) is 24.3 Å². The number of hydrogen-bond acceptors (Lipinski definition) is 6. The Morgan fingerprint density at radius 3 is 2.74 bits per heavy atom. The van der Waals surface area contributed by atoms with Crippen molar-refractivity contribution < 1.29 is 19.6 Å². The second-order valence-electron chi connectivity index (χ2n) is 8.01. The topological polar surface area (TPSA) is 83.4 Å². The van der Waals surface area contributed by atoms with E-state index in [-0.39, 0.29) is 5.60 Å². The number of rotatable bonds is 5. The van der Waals surface area contributed by atoms with Crippen molar-refractivity contribution in [3.63, 3.8) is 0 Å². The predicted molar refractivity (Wildman–Crippen MR) is 118 cm³/mol. The molecule has 7 nitrogen and oxygen atoms in total. The van der Waals surface area contributed by atoms with Gasteiger partial charge in [0.25, 0.3) is 5.91 Å². The lowest BCUT2D eigenvalue weighted by Gasteiger charge is -2.44. The molecule has 2 aliphatic heterocycles. The summed E-state index contributed by atoms with van der Waals surface area (Å²) in [6.45, 7) is 2.87. The molecule has 162 valence electrons. The van der Waals surface area contributed by atoms with Gasteiger partial charge in [-0.05, 0) is 29.3 Å². The van der Waals surface area contributed by atoms with Crippen LogP contribution >= 0.6 is 0 Å². The molecule has 2 heterocycles. The summed E-state index contributed by atoms with van der Waals surface area (Å²) in [6, 6.07) is 16.2. The van der Waals surface area contributed by atoms with Crippen molar-refractivity contribution in [2.75, 3.05) is 20.2 Å². The van der Waals surface area contributed by atoms with Crippen LogP contribution in [0.5, 0.6) is 5.75 Å². The maximum atomic E-state index is 11.3. The lowest BCUT2D eigenvalue weighted by atomic mass is 9.81. The van der Waals surface area contributed by atoms with Crippen LogP contribution in [0.15, 0.2) is 59.8 Å². The summed E-state index contributed by atoms with van der Waals surface area (Å²) < 4.78 is 6.53. The first-order chi connectivity index (χ1) is 15.1. The van der Waals surface area contributed by atoms with Gasteiger partial charge in [0.1, 0.15) is 18.5 Å². The van der Waals surface area contributed by atoms with Crippen LogP contribution in [-0.2, 0) is 16.2 Å². The number of nitrogens with one attached hydrogen (secondary N) is 1. The summed E-state index contributed by atoms with van der Waals surface area (Å²) in [7, 11) is 1.55. The highest BCUT2D eigenvalue weighted by Gasteiger charge is 2.42. The van der Waals surface area contributed by atoms with E-state index in [9.17, 15) is 4.79 Å². The van der Waals surface area contributed by atoms with Crippen LogP contribution in [0.4, 0.5) is 0 Å². The van der Waals surface area contributed by atoms with Crippen LogP contribution in [0.2, 0.25) is 0 Å². The third kappa shape index (κ3) is 4.95. The first kappa shape index (κ1) is 21.1. The average Bonchev–Trinajstić information content (AvgIpc) is 2.80. The normalized spacial score (nSPS) is 19.2. The summed E-state index contributed by atoms with van der Waals surface area (Å²) in [4.78, 5) is 18.9. The fraction of sp³-hybridized carbons (Fsp3) is 0.333. The van der Waals surface area contributed by atoms with Gasteiger partial charge < -0.3 is 9.57 Å². The zero-order valence-electron chi connectivity index (χ0n) is 17.6. The number of ether oxygens (including phenoxy) is 1. The van der Waals surface area contributed by atoms with E-state index in [1.54, 1.807) is 18.7 Å². The number of oxime groups is 1. The monoisotopic (exact) mass is 421 g/mol. The smallest absolute Gasteiger partial charge is 0.267 e. The van der Waals surface area contributed by atoms with E-state index in [4.69, 9.17) is 14.8 Å². The zero-order chi connectivity index (χ0) is 21.7. The summed E-state index contributed by atoms with van der Waals surface area (Å²) in [6.07, 6.45) is 5.41. The van der Waals surface area contributed by atoms with Crippen LogP contribution in [0.1, 0.15) is 36.0 Å². The van der Waals surface area contributed by atoms with Gasteiger partial charge in [-0.15, -0.1) is 0 Å². The summed E-state index contributed by atoms with van der Waals surface area (Å²) in [5.41, 5.74) is 5.15. The highest BCUT2D eigenvalue weighted by atomic mass is 16.6. The fourth-order valence-corrected chi connectivity index (χ4v) is 4.28. The number of fused-ring (bicyclic) bond motifs is 1. The van der Waals surface area contributed by atoms with E-state index >= 15 is 0 Å². The van der Waals surface area contributed by atoms with Gasteiger partial charge in [0.15, 0.2) is 0 Å². The SMILES string of the molecule is CON=C1CC2(CCN(Cc3ccccc3)CC2)Oc2ccc(C=CC(=O)NO)cc21. The molecule has 0 bridgehead atoms. The molecule has 1 amide bonds. The Balaban J connectivity index is 1.50. The number of carbonyl (C=O) groups is 1. The van der Waals surface area contributed by atoms with Crippen molar-refractivity contribution in [2.24, 2.45) is 5.16 Å². The lowest BCUT2D eigenvalue weighted by Crippen LogP contribution is -2.50. The molecule has 1 saturated heterocycles. The average molecular weight is 421 g/mol. The Hall–Kier alpha value is -3.16. The number of amides is 1. The molecule has 0 saturated carbocycles. The molecule has 1 fully saturated rings. The van der Waals surface area contributed by atoms with Gasteiger partial charge in [-0.1, -0.05) is 41.6 Å². The van der Waals surface area contributed by atoms with Crippen LogP contribution in [0, 0.1) is 0 Å². The second-order valence-corrected chi connectivity index (χ2v) is 8.01. The number of carbonyl (C=O) groups excluding carboxylic acids is 1. The standard InChI is InChI=1S/C24H27N3O4/c1-30-26-21-16-24(11-13-27(14-12-24)17-19-5-3-2-4-6-19)31-22-9-7-18(15-20(21)22)8-10-23(28)25-29/h2-10,15,29H,11-14,16-17H2,1H3,(H,25,28). The van der Waals surface area contributed by atoms with Crippen molar-refractivity contribution in [1.82, 2.24) is 10.4 Å². The molecule has 0 aromatic heterocycles. The molecule has 2 N–H and O–H groups in total. The molecule has 0 aliphatic carbocycles. The summed E-state index contributed by atoms with van der Waals surface area (Å²) in [5.74, 6) is 0.197. The van der Waals surface area contributed by atoms with E-state index in [2.05, 4.69) is 34.3 Å². The molecule has 4 rings (SSSR count). The Morgan fingerprint density at radius 1 is 1.26 bits per heavy atom. The molecule has 1 spiro atoms. The molecule has 0 atom stereocenters. The Kier molecular flexibility index (Phi) is 6.34. The van der Waals surface area contributed by atoms with E-state index < -0.39 is 5.91 Å². The van der Waals surface area contributed by atoms with Gasteiger partial charge in [0, 0.05) is 50.5 Å². The van der Waals surface area contributed by atoms with E-state index in [0.717, 1.165) is 55.1 Å². The minimum absolute atomic E-state index is 0.286. The summed E-state index contributed by atoms with van der Waals surface area (Å²) >= 11 is 0. The van der Waals surface area contributed by atoms with E-state index in [1.165, 1.54) is 11.6 Å². The quantitative estimate of drug-likeness (QED) is 0.439. The van der Waals surface area contributed by atoms with Gasteiger partial charge in [-0.25, -0.2) is 5.48 Å². The number of hydroxylamine groups is 1. The molecule has 2 aliphatic rings. The van der Waals surface area contributed by atoms with Crippen molar-refractivity contribution >= 4 is 17.7 Å². The maximum Gasteiger partial charge on any atom is 0.267 e. The molecule has 7 heteroatoms. The van der Waals surface area contributed by atoms with E-state index in [0.29, 0.717) is 6.42 Å². The van der Waals surface area contributed by atoms with Crippen molar-refractivity contribution in [1.29, 1.82) is 0 Å². The molecule has 2 aromatic rings. The third-order valence-corrected chi connectivity index (χ3v) is 5.89. The Labute approximate surface area is 181 Å². The Bertz CT molecular complexity index is 980. The van der Waals surface area contributed by atoms with Gasteiger partial charge in [0.05, 0.1) is 5.71 Å². The van der Waals surface area contributed by atoms with Crippen LogP contribution in [0.3, 0.4) is 0 Å². The lowest BCUT2D eigenvalue weighted by molar-refractivity contribution is -0.124. The van der Waals surface area contributed by atoms with Crippen LogP contribution in [-0.4, -0.2) is 47.5 Å². The largest absolute Gasteiger partial charge is 0.486 e. The fourth-order valence-electron chi connectivity index (χ4n) is 4.28. The molecule has 0 unspecified atom stereocenters. The van der Waals surface area contributed by atoms with Crippen LogP contribution in [0.25, 0.3) is 6.08 Å². The molecule has 2 aromatic carbocycles. The molecule has 31 heavy (non-hydrogen) atoms. The van der Waals surface area contributed by atoms with Gasteiger partial charge in [0.2, 0.25) is 0 Å². The van der Waals surface area contributed by atoms with Crippen molar-refractivity contribution in [2.45, 2.75) is 31.4 Å². The highest BCUT2D eigenvalue weighted by Crippen LogP contribution is 2.40. The third-order valence-electron chi connectivity index (χ3n) is 5.89. The molecular formula is C24H27N3O4. The molecule has 0 radical (unpaired) electrons.